The molecular formula is C12H18N2O. The summed E-state index contributed by atoms with van der Waals surface area (Å²) in [4.78, 5) is 15.5. The van der Waals surface area contributed by atoms with Crippen LogP contribution in [0.5, 0.6) is 0 Å². The van der Waals surface area contributed by atoms with Crippen LogP contribution in [0.3, 0.4) is 0 Å². The van der Waals surface area contributed by atoms with Gasteiger partial charge in [-0.25, -0.2) is 4.79 Å². The van der Waals surface area contributed by atoms with Crippen LogP contribution in [0.25, 0.3) is 0 Å². The van der Waals surface area contributed by atoms with Crippen LogP contribution < -0.4 is 0 Å². The topological polar surface area (TPSA) is 32.7 Å². The lowest BCUT2D eigenvalue weighted by molar-refractivity contribution is 0.151. The first-order valence-electron chi connectivity index (χ1n) is 5.52. The van der Waals surface area contributed by atoms with E-state index < -0.39 is 0 Å². The summed E-state index contributed by atoms with van der Waals surface area (Å²) in [5, 5.41) is 0. The van der Waals surface area contributed by atoms with E-state index >= 15 is 0 Å². The number of nitrogens with zero attached hydrogens (tertiary/aromatic N) is 2. The molecule has 3 nitrogen and oxygen atoms in total. The molecule has 0 atom stereocenters. The zero-order valence-corrected chi connectivity index (χ0v) is 9.49. The van der Waals surface area contributed by atoms with E-state index in [4.69, 9.17) is 0 Å². The predicted molar refractivity (Wildman–Crippen MR) is 59.9 cm³/mol. The molecule has 1 rings (SSSR count). The Morgan fingerprint density at radius 2 is 2.07 bits per heavy atom. The van der Waals surface area contributed by atoms with Crippen LogP contribution in [0.2, 0.25) is 0 Å². The van der Waals surface area contributed by atoms with Gasteiger partial charge in [-0.2, -0.15) is 0 Å². The lowest BCUT2D eigenvalue weighted by atomic mass is 9.93. The fourth-order valence-electron chi connectivity index (χ4n) is 1.93. The summed E-state index contributed by atoms with van der Waals surface area (Å²) in [6.07, 6.45) is 4.69. The van der Waals surface area contributed by atoms with Crippen molar-refractivity contribution in [1.29, 1.82) is 0 Å². The number of hydrogen-bond acceptors (Lipinski definition) is 3. The van der Waals surface area contributed by atoms with Gasteiger partial charge in [-0.15, -0.1) is 4.99 Å². The molecule has 0 aromatic rings. The lowest BCUT2D eigenvalue weighted by Gasteiger charge is -2.33. The number of carbonyl (C=O) groups excluding carboxylic acids is 1. The monoisotopic (exact) mass is 206 g/mol. The van der Waals surface area contributed by atoms with E-state index in [9.17, 15) is 4.79 Å². The summed E-state index contributed by atoms with van der Waals surface area (Å²) in [6.45, 7) is 6.81. The van der Waals surface area contributed by atoms with Crippen LogP contribution in [0.1, 0.15) is 33.1 Å². The van der Waals surface area contributed by atoms with Gasteiger partial charge in [-0.1, -0.05) is 5.92 Å². The maximum atomic E-state index is 9.77. The van der Waals surface area contributed by atoms with Crippen molar-refractivity contribution in [2.45, 2.75) is 39.2 Å². The zero-order chi connectivity index (χ0) is 11.1. The van der Waals surface area contributed by atoms with Crippen LogP contribution in [0, 0.1) is 17.9 Å². The fourth-order valence-corrected chi connectivity index (χ4v) is 1.93. The summed E-state index contributed by atoms with van der Waals surface area (Å²) in [5.74, 6) is 3.58. The normalized spacial score (nSPS) is 18.1. The van der Waals surface area contributed by atoms with Gasteiger partial charge in [0.25, 0.3) is 0 Å². The molecule has 0 unspecified atom stereocenters. The molecule has 0 aromatic carbocycles. The van der Waals surface area contributed by atoms with Crippen LogP contribution in [-0.4, -0.2) is 30.1 Å². The highest BCUT2D eigenvalue weighted by atomic mass is 16.1. The quantitative estimate of drug-likeness (QED) is 0.392. The fraction of sp³-hybridized carbons (Fsp3) is 0.750. The van der Waals surface area contributed by atoms with Crippen molar-refractivity contribution in [3.63, 3.8) is 0 Å². The van der Waals surface area contributed by atoms with Gasteiger partial charge in [0.15, 0.2) is 0 Å². The van der Waals surface area contributed by atoms with E-state index in [0.717, 1.165) is 6.42 Å². The van der Waals surface area contributed by atoms with E-state index in [2.05, 4.69) is 35.7 Å². The Hall–Kier alpha value is -1.10. The van der Waals surface area contributed by atoms with Gasteiger partial charge in [0.05, 0.1) is 0 Å². The van der Waals surface area contributed by atoms with Crippen LogP contribution in [0.4, 0.5) is 0 Å². The van der Waals surface area contributed by atoms with Gasteiger partial charge in [-0.05, 0) is 45.7 Å². The molecule has 0 aromatic heterocycles. The second kappa shape index (κ2) is 6.40. The van der Waals surface area contributed by atoms with Crippen LogP contribution >= 0.6 is 0 Å². The molecule has 0 N–H and O–H groups in total. The summed E-state index contributed by atoms with van der Waals surface area (Å²) in [6, 6.07) is 3.10. The highest BCUT2D eigenvalue weighted by Gasteiger charge is 2.19. The van der Waals surface area contributed by atoms with E-state index in [1.165, 1.54) is 32.0 Å². The van der Waals surface area contributed by atoms with Gasteiger partial charge in [0.2, 0.25) is 6.08 Å². The average Bonchev–Trinajstić information content (AvgIpc) is 2.25. The minimum absolute atomic E-state index is 0.650. The Bertz CT molecular complexity index is 286. The first-order valence-corrected chi connectivity index (χ1v) is 5.52. The van der Waals surface area contributed by atoms with Crippen LogP contribution in [0.15, 0.2) is 4.99 Å². The van der Waals surface area contributed by atoms with Gasteiger partial charge in [0.1, 0.15) is 0 Å². The molecule has 82 valence electrons. The Balaban J connectivity index is 2.26. The third-order valence-electron chi connectivity index (χ3n) is 2.95. The second-order valence-electron chi connectivity index (χ2n) is 4.27. The van der Waals surface area contributed by atoms with E-state index in [-0.39, 0.29) is 0 Å². The molecule has 15 heavy (non-hydrogen) atoms. The summed E-state index contributed by atoms with van der Waals surface area (Å²) < 4.78 is 0. The third kappa shape index (κ3) is 4.29. The van der Waals surface area contributed by atoms with Crippen molar-refractivity contribution < 1.29 is 4.79 Å². The minimum Gasteiger partial charge on any atom is -0.301 e. The Morgan fingerprint density at radius 3 is 2.60 bits per heavy atom. The number of isocyanates is 1. The van der Waals surface area contributed by atoms with Crippen molar-refractivity contribution >= 4 is 6.08 Å². The molecule has 1 aliphatic heterocycles. The molecule has 1 saturated heterocycles. The SMILES string of the molecule is CC(C)N1CCC(CC#CN=C=O)CC1. The number of rotatable bonds is 2. The molecule has 3 heteroatoms. The molecule has 1 fully saturated rings. The molecule has 1 aliphatic rings. The predicted octanol–water partition coefficient (Wildman–Crippen LogP) is 1.79. The Labute approximate surface area is 91.6 Å². The van der Waals surface area contributed by atoms with Crippen LogP contribution in [-0.2, 0) is 4.79 Å². The van der Waals surface area contributed by atoms with Gasteiger partial charge in [-0.3, -0.25) is 0 Å². The molecule has 1 heterocycles. The average molecular weight is 206 g/mol. The molecule has 0 radical (unpaired) electrons. The zero-order valence-electron chi connectivity index (χ0n) is 9.49. The first kappa shape index (κ1) is 12.0. The molecule has 0 spiro atoms. The maximum absolute atomic E-state index is 9.77. The van der Waals surface area contributed by atoms with E-state index in [0.29, 0.717) is 12.0 Å². The molecular weight excluding hydrogens is 188 g/mol. The third-order valence-corrected chi connectivity index (χ3v) is 2.95. The van der Waals surface area contributed by atoms with E-state index in [1.807, 2.05) is 0 Å². The maximum Gasteiger partial charge on any atom is 0.249 e. The second-order valence-corrected chi connectivity index (χ2v) is 4.27. The Morgan fingerprint density at radius 1 is 1.40 bits per heavy atom. The highest BCUT2D eigenvalue weighted by Crippen LogP contribution is 2.21. The minimum atomic E-state index is 0.650. The first-order chi connectivity index (χ1) is 7.24. The van der Waals surface area contributed by atoms with Crippen molar-refractivity contribution in [2.75, 3.05) is 13.1 Å². The molecule has 0 amide bonds. The lowest BCUT2D eigenvalue weighted by Crippen LogP contribution is -2.38. The number of likely N-dealkylation sites (tertiary alicyclic amines) is 1. The largest absolute Gasteiger partial charge is 0.301 e. The standard InChI is InChI=1S/C12H18N2O/c1-11(2)14-8-5-12(6-9-14)4-3-7-13-10-15/h11-12H,4-6,8-9H2,1-2H3. The number of hydrogen-bond donors (Lipinski definition) is 0. The highest BCUT2D eigenvalue weighted by molar-refractivity contribution is 5.36. The summed E-state index contributed by atoms with van der Waals surface area (Å²) in [5.41, 5.74) is 0. The van der Waals surface area contributed by atoms with Gasteiger partial charge >= 0.3 is 0 Å². The van der Waals surface area contributed by atoms with E-state index in [1.54, 1.807) is 0 Å². The van der Waals surface area contributed by atoms with Crippen molar-refractivity contribution in [3.8, 4) is 12.0 Å². The van der Waals surface area contributed by atoms with Gasteiger partial charge in [0, 0.05) is 18.5 Å². The smallest absolute Gasteiger partial charge is 0.249 e. The van der Waals surface area contributed by atoms with Crippen molar-refractivity contribution in [2.24, 2.45) is 10.9 Å². The van der Waals surface area contributed by atoms with Crippen molar-refractivity contribution in [1.82, 2.24) is 4.90 Å². The number of piperidine rings is 1. The summed E-state index contributed by atoms with van der Waals surface area (Å²) >= 11 is 0. The molecule has 0 saturated carbocycles. The van der Waals surface area contributed by atoms with Crippen molar-refractivity contribution in [3.05, 3.63) is 0 Å². The molecule has 0 aliphatic carbocycles. The Kier molecular flexibility index (Phi) is 5.10. The number of aliphatic imine (C=N–C) groups is 1. The van der Waals surface area contributed by atoms with Gasteiger partial charge < -0.3 is 4.90 Å². The molecule has 0 bridgehead atoms. The summed E-state index contributed by atoms with van der Waals surface area (Å²) in [7, 11) is 0.